The zero-order chi connectivity index (χ0) is 22.2. The van der Waals surface area contributed by atoms with Crippen molar-refractivity contribution >= 4 is 33.4 Å². The molecule has 0 unspecified atom stereocenters. The van der Waals surface area contributed by atoms with Crippen LogP contribution in [-0.2, 0) is 0 Å². The van der Waals surface area contributed by atoms with Crippen molar-refractivity contribution in [2.45, 2.75) is 19.9 Å². The van der Waals surface area contributed by atoms with Gasteiger partial charge in [-0.2, -0.15) is 5.10 Å². The molecule has 3 aromatic carbocycles. The van der Waals surface area contributed by atoms with Crippen LogP contribution in [0.2, 0.25) is 0 Å². The maximum absolute atomic E-state index is 13.4. The summed E-state index contributed by atoms with van der Waals surface area (Å²) in [5.41, 5.74) is 3.12. The van der Waals surface area contributed by atoms with Crippen molar-refractivity contribution < 1.29 is 4.79 Å². The smallest absolute Gasteiger partial charge is 0.276 e. The number of H-pyrrole nitrogens is 1. The second kappa shape index (κ2) is 7.77. The van der Waals surface area contributed by atoms with Crippen LogP contribution in [0, 0.1) is 0 Å². The number of aromatic nitrogens is 4. The van der Waals surface area contributed by atoms with E-state index in [1.165, 1.54) is 4.68 Å². The van der Waals surface area contributed by atoms with Gasteiger partial charge in [-0.05, 0) is 44.2 Å². The lowest BCUT2D eigenvalue weighted by Crippen LogP contribution is -2.29. The third kappa shape index (κ3) is 3.33. The van der Waals surface area contributed by atoms with E-state index in [9.17, 15) is 9.59 Å². The molecule has 0 aliphatic heterocycles. The number of aromatic amines is 1. The van der Waals surface area contributed by atoms with Gasteiger partial charge in [0.1, 0.15) is 5.82 Å². The molecule has 1 amide bonds. The maximum Gasteiger partial charge on any atom is 0.276 e. The predicted molar refractivity (Wildman–Crippen MR) is 126 cm³/mol. The lowest BCUT2D eigenvalue weighted by Gasteiger charge is -2.14. The fourth-order valence-corrected chi connectivity index (χ4v) is 3.78. The van der Waals surface area contributed by atoms with Crippen LogP contribution in [0.4, 0.5) is 5.69 Å². The van der Waals surface area contributed by atoms with Crippen LogP contribution >= 0.6 is 0 Å². The fraction of sp³-hybridized carbons (Fsp3) is 0.120. The normalized spacial score (nSPS) is 11.3. The molecule has 0 saturated heterocycles. The van der Waals surface area contributed by atoms with E-state index >= 15 is 0 Å². The fourth-order valence-electron chi connectivity index (χ4n) is 3.78. The first-order valence-corrected chi connectivity index (χ1v) is 10.4. The summed E-state index contributed by atoms with van der Waals surface area (Å²) >= 11 is 0. The number of rotatable bonds is 4. The first kappa shape index (κ1) is 19.7. The number of hydrogen-bond acceptors (Lipinski definition) is 4. The van der Waals surface area contributed by atoms with Crippen molar-refractivity contribution in [3.63, 3.8) is 0 Å². The molecule has 0 aliphatic rings. The van der Waals surface area contributed by atoms with E-state index in [-0.39, 0.29) is 23.2 Å². The Bertz CT molecular complexity index is 1500. The SMILES string of the molecule is CC(C)n1nc(C(=O)Nc2ccccc2-c2nc3ccccc3[nH]2)c2ccccc2c1=O. The Balaban J connectivity index is 1.59. The highest BCUT2D eigenvalue weighted by atomic mass is 16.2. The Morgan fingerprint density at radius 1 is 0.938 bits per heavy atom. The van der Waals surface area contributed by atoms with Crippen molar-refractivity contribution in [3.8, 4) is 11.4 Å². The molecule has 2 N–H and O–H groups in total. The monoisotopic (exact) mass is 423 g/mol. The molecule has 2 heterocycles. The zero-order valence-electron chi connectivity index (χ0n) is 17.7. The molecule has 2 aromatic heterocycles. The van der Waals surface area contributed by atoms with Crippen molar-refractivity contribution in [3.05, 3.63) is 88.8 Å². The zero-order valence-corrected chi connectivity index (χ0v) is 17.7. The number of hydrogen-bond donors (Lipinski definition) is 2. The van der Waals surface area contributed by atoms with Gasteiger partial charge in [-0.15, -0.1) is 0 Å². The molecule has 32 heavy (non-hydrogen) atoms. The number of para-hydroxylation sites is 3. The third-order valence-corrected chi connectivity index (χ3v) is 5.35. The van der Waals surface area contributed by atoms with Gasteiger partial charge in [-0.25, -0.2) is 9.67 Å². The summed E-state index contributed by atoms with van der Waals surface area (Å²) in [5, 5.41) is 8.36. The van der Waals surface area contributed by atoms with Crippen LogP contribution in [0.3, 0.4) is 0 Å². The van der Waals surface area contributed by atoms with Crippen LogP contribution in [0.15, 0.2) is 77.6 Å². The Kier molecular flexibility index (Phi) is 4.78. The standard InChI is InChI=1S/C25H21N5O2/c1-15(2)30-25(32)17-10-4-3-9-16(17)22(29-30)24(31)28-19-12-6-5-11-18(19)23-26-20-13-7-8-14-21(20)27-23/h3-15H,1-2H3,(H,26,27)(H,28,31). The summed E-state index contributed by atoms with van der Waals surface area (Å²) in [5.74, 6) is 0.270. The second-order valence-electron chi connectivity index (χ2n) is 7.84. The molecular formula is C25H21N5O2. The number of amides is 1. The van der Waals surface area contributed by atoms with Crippen LogP contribution < -0.4 is 10.9 Å². The summed E-state index contributed by atoms with van der Waals surface area (Å²) in [6.45, 7) is 3.73. The number of nitrogens with one attached hydrogen (secondary N) is 2. The van der Waals surface area contributed by atoms with Gasteiger partial charge in [-0.1, -0.05) is 42.5 Å². The Morgan fingerprint density at radius 3 is 2.41 bits per heavy atom. The number of fused-ring (bicyclic) bond motifs is 2. The van der Waals surface area contributed by atoms with Gasteiger partial charge in [0.05, 0.1) is 28.1 Å². The Hall–Kier alpha value is -4.26. The quantitative estimate of drug-likeness (QED) is 0.435. The minimum atomic E-state index is -0.390. The number of nitrogens with zero attached hydrogens (tertiary/aromatic N) is 3. The van der Waals surface area contributed by atoms with Gasteiger partial charge in [0.15, 0.2) is 5.69 Å². The van der Waals surface area contributed by atoms with Crippen LogP contribution in [0.1, 0.15) is 30.4 Å². The summed E-state index contributed by atoms with van der Waals surface area (Å²) in [4.78, 5) is 34.1. The molecule has 0 bridgehead atoms. The molecule has 7 nitrogen and oxygen atoms in total. The second-order valence-corrected chi connectivity index (χ2v) is 7.84. The van der Waals surface area contributed by atoms with E-state index in [2.05, 4.69) is 20.4 Å². The van der Waals surface area contributed by atoms with E-state index in [0.717, 1.165) is 16.6 Å². The average molecular weight is 423 g/mol. The lowest BCUT2D eigenvalue weighted by molar-refractivity contribution is 0.102. The number of carbonyl (C=O) groups excluding carboxylic acids is 1. The van der Waals surface area contributed by atoms with Crippen molar-refractivity contribution in [2.24, 2.45) is 0 Å². The molecule has 0 saturated carbocycles. The molecule has 0 spiro atoms. The highest BCUT2D eigenvalue weighted by Crippen LogP contribution is 2.28. The van der Waals surface area contributed by atoms with Crippen molar-refractivity contribution in [2.75, 3.05) is 5.32 Å². The van der Waals surface area contributed by atoms with Gasteiger partial charge < -0.3 is 10.3 Å². The number of benzene rings is 3. The van der Waals surface area contributed by atoms with Gasteiger partial charge in [0.2, 0.25) is 0 Å². The van der Waals surface area contributed by atoms with Gasteiger partial charge in [0.25, 0.3) is 11.5 Å². The molecule has 0 radical (unpaired) electrons. The molecule has 7 heteroatoms. The molecule has 158 valence electrons. The van der Waals surface area contributed by atoms with Crippen LogP contribution in [-0.4, -0.2) is 25.7 Å². The summed E-state index contributed by atoms with van der Waals surface area (Å²) in [6, 6.07) is 22.1. The largest absolute Gasteiger partial charge is 0.338 e. The van der Waals surface area contributed by atoms with Crippen LogP contribution in [0.25, 0.3) is 33.2 Å². The summed E-state index contributed by atoms with van der Waals surface area (Å²) < 4.78 is 1.35. The molecule has 0 atom stereocenters. The average Bonchev–Trinajstić information content (AvgIpc) is 3.23. The molecule has 0 fully saturated rings. The molecule has 5 rings (SSSR count). The number of anilines is 1. The minimum absolute atomic E-state index is 0.179. The van der Waals surface area contributed by atoms with Crippen LogP contribution in [0.5, 0.6) is 0 Å². The number of carbonyl (C=O) groups is 1. The highest BCUT2D eigenvalue weighted by molar-refractivity contribution is 6.12. The number of imidazole rings is 1. The first-order chi connectivity index (χ1) is 15.5. The topological polar surface area (TPSA) is 92.7 Å². The van der Waals surface area contributed by atoms with E-state index in [4.69, 9.17) is 0 Å². The summed E-state index contributed by atoms with van der Waals surface area (Å²) in [7, 11) is 0. The Morgan fingerprint density at radius 2 is 1.62 bits per heavy atom. The van der Waals surface area contributed by atoms with Gasteiger partial charge in [-0.3, -0.25) is 9.59 Å². The van der Waals surface area contributed by atoms with Crippen molar-refractivity contribution in [1.82, 2.24) is 19.7 Å². The maximum atomic E-state index is 13.4. The van der Waals surface area contributed by atoms with Gasteiger partial charge in [0, 0.05) is 10.9 Å². The minimum Gasteiger partial charge on any atom is -0.338 e. The van der Waals surface area contributed by atoms with Gasteiger partial charge >= 0.3 is 0 Å². The van der Waals surface area contributed by atoms with Crippen molar-refractivity contribution in [1.29, 1.82) is 0 Å². The van der Waals surface area contributed by atoms with E-state index in [1.54, 1.807) is 24.3 Å². The highest BCUT2D eigenvalue weighted by Gasteiger charge is 2.19. The molecular weight excluding hydrogens is 402 g/mol. The predicted octanol–water partition coefficient (Wildman–Crippen LogP) is 4.77. The first-order valence-electron chi connectivity index (χ1n) is 10.4. The van der Waals surface area contributed by atoms with E-state index in [0.29, 0.717) is 22.3 Å². The van der Waals surface area contributed by atoms with E-state index < -0.39 is 0 Å². The summed E-state index contributed by atoms with van der Waals surface area (Å²) in [6.07, 6.45) is 0. The third-order valence-electron chi connectivity index (χ3n) is 5.35. The Labute approximate surface area is 183 Å². The van der Waals surface area contributed by atoms with E-state index in [1.807, 2.05) is 62.4 Å². The lowest BCUT2D eigenvalue weighted by atomic mass is 10.1. The molecule has 0 aliphatic carbocycles. The molecule has 5 aromatic rings.